The summed E-state index contributed by atoms with van der Waals surface area (Å²) in [5.74, 6) is -0.282. The highest BCUT2D eigenvalue weighted by Crippen LogP contribution is 2.35. The van der Waals surface area contributed by atoms with Crippen LogP contribution in [0.2, 0.25) is 10.0 Å². The van der Waals surface area contributed by atoms with Crippen LogP contribution in [0.15, 0.2) is 42.0 Å². The number of nitro benzene ring substituents is 1. The molecule has 0 bridgehead atoms. The van der Waals surface area contributed by atoms with Gasteiger partial charge in [0.15, 0.2) is 0 Å². The molecule has 132 valence electrons. The van der Waals surface area contributed by atoms with Gasteiger partial charge < -0.3 is 10.1 Å². The SMILES string of the molecule is COc1ccccc1/C=C(\C#N)C(=O)Nc1c(Cl)cc([N+](=O)[O-])cc1Cl. The third-order valence-corrected chi connectivity index (χ3v) is 3.88. The minimum atomic E-state index is -0.768. The first-order chi connectivity index (χ1) is 12.4. The molecule has 0 heterocycles. The molecule has 2 aromatic rings. The average molecular weight is 392 g/mol. The Hall–Kier alpha value is -3.08. The number of hydrogen-bond donors (Lipinski definition) is 1. The summed E-state index contributed by atoms with van der Waals surface area (Å²) >= 11 is 11.9. The lowest BCUT2D eigenvalue weighted by Crippen LogP contribution is -2.14. The Morgan fingerprint density at radius 2 is 1.92 bits per heavy atom. The quantitative estimate of drug-likeness (QED) is 0.350. The molecular formula is C17H11Cl2N3O4. The number of anilines is 1. The number of benzene rings is 2. The lowest BCUT2D eigenvalue weighted by atomic mass is 10.1. The van der Waals surface area contributed by atoms with Crippen LogP contribution < -0.4 is 10.1 Å². The number of non-ortho nitro benzene ring substituents is 1. The zero-order chi connectivity index (χ0) is 19.3. The second-order valence-electron chi connectivity index (χ2n) is 4.91. The molecule has 0 aliphatic rings. The molecule has 26 heavy (non-hydrogen) atoms. The number of nitrogens with zero attached hydrogens (tertiary/aromatic N) is 2. The first-order valence-corrected chi connectivity index (χ1v) is 7.82. The largest absolute Gasteiger partial charge is 0.496 e. The number of carbonyl (C=O) groups is 1. The number of nitrogens with one attached hydrogen (secondary N) is 1. The van der Waals surface area contributed by atoms with E-state index in [0.29, 0.717) is 11.3 Å². The Kier molecular flexibility index (Phi) is 6.17. The van der Waals surface area contributed by atoms with E-state index in [1.807, 2.05) is 0 Å². The standard InChI is InChI=1S/C17H11Cl2N3O4/c1-26-15-5-3-2-4-10(15)6-11(9-20)17(23)21-16-13(18)7-12(22(24)25)8-14(16)19/h2-8H,1H3,(H,21,23)/b11-6+. The molecule has 7 nitrogen and oxygen atoms in total. The Labute approximate surface area is 158 Å². The van der Waals surface area contributed by atoms with Gasteiger partial charge >= 0.3 is 0 Å². The van der Waals surface area contributed by atoms with E-state index in [4.69, 9.17) is 27.9 Å². The molecule has 1 N–H and O–H groups in total. The molecule has 0 aliphatic carbocycles. The van der Waals surface area contributed by atoms with Crippen LogP contribution in [0.5, 0.6) is 5.75 Å². The summed E-state index contributed by atoms with van der Waals surface area (Å²) in [4.78, 5) is 22.5. The zero-order valence-electron chi connectivity index (χ0n) is 13.3. The number of para-hydroxylation sites is 1. The Morgan fingerprint density at radius 1 is 1.31 bits per heavy atom. The van der Waals surface area contributed by atoms with Crippen molar-refractivity contribution in [3.8, 4) is 11.8 Å². The number of carbonyl (C=O) groups excluding carboxylic acids is 1. The molecule has 0 aromatic heterocycles. The number of nitro groups is 1. The summed E-state index contributed by atoms with van der Waals surface area (Å²) in [6.07, 6.45) is 1.35. The Morgan fingerprint density at radius 3 is 2.46 bits per heavy atom. The highest BCUT2D eigenvalue weighted by molar-refractivity contribution is 6.40. The molecule has 9 heteroatoms. The molecule has 0 radical (unpaired) electrons. The van der Waals surface area contributed by atoms with E-state index < -0.39 is 10.8 Å². The maximum absolute atomic E-state index is 12.4. The van der Waals surface area contributed by atoms with Crippen LogP contribution in [0.3, 0.4) is 0 Å². The molecule has 0 fully saturated rings. The second-order valence-corrected chi connectivity index (χ2v) is 5.72. The summed E-state index contributed by atoms with van der Waals surface area (Å²) in [5, 5.41) is 22.2. The van der Waals surface area contributed by atoms with Crippen molar-refractivity contribution in [1.29, 1.82) is 5.26 Å². The van der Waals surface area contributed by atoms with Crippen LogP contribution in [0, 0.1) is 21.4 Å². The van der Waals surface area contributed by atoms with E-state index in [1.54, 1.807) is 30.3 Å². The van der Waals surface area contributed by atoms with E-state index in [9.17, 15) is 20.2 Å². The number of ether oxygens (including phenoxy) is 1. The van der Waals surface area contributed by atoms with Gasteiger partial charge in [-0.15, -0.1) is 0 Å². The van der Waals surface area contributed by atoms with Crippen molar-refractivity contribution in [2.24, 2.45) is 0 Å². The molecule has 0 saturated heterocycles. The van der Waals surface area contributed by atoms with Crippen molar-refractivity contribution in [2.75, 3.05) is 12.4 Å². The van der Waals surface area contributed by atoms with Gasteiger partial charge in [-0.05, 0) is 12.1 Å². The van der Waals surface area contributed by atoms with Crippen molar-refractivity contribution in [1.82, 2.24) is 0 Å². The van der Waals surface area contributed by atoms with Crippen molar-refractivity contribution in [3.63, 3.8) is 0 Å². The number of methoxy groups -OCH3 is 1. The summed E-state index contributed by atoms with van der Waals surface area (Å²) in [5.41, 5.74) is -0.0317. The number of nitriles is 1. The van der Waals surface area contributed by atoms with Crippen LogP contribution in [-0.4, -0.2) is 17.9 Å². The third-order valence-electron chi connectivity index (χ3n) is 3.28. The van der Waals surface area contributed by atoms with E-state index in [-0.39, 0.29) is 27.0 Å². The van der Waals surface area contributed by atoms with E-state index in [0.717, 1.165) is 12.1 Å². The molecule has 0 aliphatic heterocycles. The van der Waals surface area contributed by atoms with Gasteiger partial charge in [-0.2, -0.15) is 5.26 Å². The predicted molar refractivity (Wildman–Crippen MR) is 98.3 cm³/mol. The third kappa shape index (κ3) is 4.30. The fourth-order valence-electron chi connectivity index (χ4n) is 2.06. The highest BCUT2D eigenvalue weighted by atomic mass is 35.5. The lowest BCUT2D eigenvalue weighted by Gasteiger charge is -2.09. The van der Waals surface area contributed by atoms with Crippen LogP contribution in [0.4, 0.5) is 11.4 Å². The summed E-state index contributed by atoms with van der Waals surface area (Å²) in [6.45, 7) is 0. The van der Waals surface area contributed by atoms with Crippen molar-refractivity contribution < 1.29 is 14.5 Å². The van der Waals surface area contributed by atoms with E-state index in [1.165, 1.54) is 13.2 Å². The highest BCUT2D eigenvalue weighted by Gasteiger charge is 2.18. The molecule has 0 atom stereocenters. The predicted octanol–water partition coefficient (Wildman–Crippen LogP) is 4.46. The topological polar surface area (TPSA) is 105 Å². The first-order valence-electron chi connectivity index (χ1n) is 7.07. The van der Waals surface area contributed by atoms with Gasteiger partial charge in [0, 0.05) is 17.7 Å². The van der Waals surface area contributed by atoms with E-state index >= 15 is 0 Å². The van der Waals surface area contributed by atoms with Crippen LogP contribution >= 0.6 is 23.2 Å². The van der Waals surface area contributed by atoms with Crippen molar-refractivity contribution in [3.05, 3.63) is 67.7 Å². The maximum atomic E-state index is 12.4. The second kappa shape index (κ2) is 8.34. The lowest BCUT2D eigenvalue weighted by molar-refractivity contribution is -0.384. The minimum absolute atomic E-state index is 0.0230. The molecule has 2 rings (SSSR count). The molecular weight excluding hydrogens is 381 g/mol. The number of hydrogen-bond acceptors (Lipinski definition) is 5. The maximum Gasteiger partial charge on any atom is 0.272 e. The minimum Gasteiger partial charge on any atom is -0.496 e. The van der Waals surface area contributed by atoms with Gasteiger partial charge in [0.25, 0.3) is 11.6 Å². The Balaban J connectivity index is 2.35. The van der Waals surface area contributed by atoms with Gasteiger partial charge in [-0.3, -0.25) is 14.9 Å². The monoisotopic (exact) mass is 391 g/mol. The van der Waals surface area contributed by atoms with Gasteiger partial charge in [-0.25, -0.2) is 0 Å². The smallest absolute Gasteiger partial charge is 0.272 e. The molecule has 2 aromatic carbocycles. The number of amides is 1. The van der Waals surface area contributed by atoms with Gasteiger partial charge in [0.2, 0.25) is 0 Å². The van der Waals surface area contributed by atoms with Crippen LogP contribution in [0.25, 0.3) is 6.08 Å². The molecule has 0 unspecified atom stereocenters. The Bertz CT molecular complexity index is 928. The van der Waals surface area contributed by atoms with E-state index in [2.05, 4.69) is 5.32 Å². The van der Waals surface area contributed by atoms with Gasteiger partial charge in [0.05, 0.1) is 27.8 Å². The van der Waals surface area contributed by atoms with Crippen molar-refractivity contribution in [2.45, 2.75) is 0 Å². The average Bonchev–Trinajstić information content (AvgIpc) is 2.62. The van der Waals surface area contributed by atoms with Crippen molar-refractivity contribution >= 4 is 46.6 Å². The molecule has 0 saturated carbocycles. The zero-order valence-corrected chi connectivity index (χ0v) is 14.8. The number of halogens is 2. The normalized spacial score (nSPS) is 10.8. The fourth-order valence-corrected chi connectivity index (χ4v) is 2.63. The summed E-state index contributed by atoms with van der Waals surface area (Å²) in [7, 11) is 1.47. The van der Waals surface area contributed by atoms with Gasteiger partial charge in [0.1, 0.15) is 17.4 Å². The van der Waals surface area contributed by atoms with Gasteiger partial charge in [-0.1, -0.05) is 41.4 Å². The number of rotatable bonds is 5. The molecule has 1 amide bonds. The molecule has 0 spiro atoms. The van der Waals surface area contributed by atoms with Crippen LogP contribution in [-0.2, 0) is 4.79 Å². The summed E-state index contributed by atoms with van der Waals surface area (Å²) in [6, 6.07) is 10.7. The first kappa shape index (κ1) is 19.2. The van der Waals surface area contributed by atoms with Crippen LogP contribution in [0.1, 0.15) is 5.56 Å². The summed E-state index contributed by atoms with van der Waals surface area (Å²) < 4.78 is 5.17. The fraction of sp³-hybridized carbons (Fsp3) is 0.0588.